The standard InChI is InChI=1S/C21H23NO/c1-17(22-16-18-10-8-9-11-18)21(23,19-12-4-2-5-13-19)20-14-6-3-7-15-20/h2-10,12-15,17,22-23H,11,16H2,1H3/t17-/m1/s1. The Morgan fingerprint density at radius 1 is 1.00 bits per heavy atom. The number of rotatable bonds is 6. The maximum absolute atomic E-state index is 11.6. The van der Waals surface area contributed by atoms with Gasteiger partial charge in [-0.1, -0.05) is 84.5 Å². The molecule has 0 amide bonds. The molecule has 1 atom stereocenters. The van der Waals surface area contributed by atoms with Crippen molar-refractivity contribution in [2.75, 3.05) is 6.54 Å². The maximum atomic E-state index is 11.6. The van der Waals surface area contributed by atoms with Crippen LogP contribution in [-0.2, 0) is 5.60 Å². The van der Waals surface area contributed by atoms with E-state index in [1.54, 1.807) is 0 Å². The van der Waals surface area contributed by atoms with Crippen molar-refractivity contribution in [1.82, 2.24) is 5.32 Å². The Kier molecular flexibility index (Phi) is 4.75. The van der Waals surface area contributed by atoms with Gasteiger partial charge in [0.1, 0.15) is 5.60 Å². The summed E-state index contributed by atoms with van der Waals surface area (Å²) in [5.41, 5.74) is 2.10. The first-order chi connectivity index (χ1) is 11.2. The maximum Gasteiger partial charge on any atom is 0.130 e. The van der Waals surface area contributed by atoms with Crippen LogP contribution in [0.3, 0.4) is 0 Å². The van der Waals surface area contributed by atoms with Gasteiger partial charge < -0.3 is 10.4 Å². The zero-order chi connectivity index (χ0) is 16.1. The fraction of sp³-hybridized carbons (Fsp3) is 0.238. The summed E-state index contributed by atoms with van der Waals surface area (Å²) in [7, 11) is 0. The van der Waals surface area contributed by atoms with E-state index >= 15 is 0 Å². The summed E-state index contributed by atoms with van der Waals surface area (Å²) in [6, 6.07) is 19.7. The van der Waals surface area contributed by atoms with Crippen molar-refractivity contribution in [3.05, 3.63) is 95.6 Å². The normalized spacial score (nSPS) is 15.5. The van der Waals surface area contributed by atoms with Gasteiger partial charge in [-0.3, -0.25) is 0 Å². The Bertz CT molecular complexity index is 649. The minimum Gasteiger partial charge on any atom is -0.379 e. The summed E-state index contributed by atoms with van der Waals surface area (Å²) >= 11 is 0. The Labute approximate surface area is 138 Å². The monoisotopic (exact) mass is 305 g/mol. The lowest BCUT2D eigenvalue weighted by Crippen LogP contribution is -2.48. The molecule has 0 aromatic heterocycles. The second-order valence-electron chi connectivity index (χ2n) is 6.06. The van der Waals surface area contributed by atoms with E-state index in [1.807, 2.05) is 67.6 Å². The Morgan fingerprint density at radius 2 is 1.57 bits per heavy atom. The van der Waals surface area contributed by atoms with Crippen molar-refractivity contribution in [3.63, 3.8) is 0 Å². The minimum atomic E-state index is -1.06. The fourth-order valence-electron chi connectivity index (χ4n) is 3.11. The van der Waals surface area contributed by atoms with Crippen LogP contribution < -0.4 is 5.32 Å². The molecule has 1 aliphatic carbocycles. The molecular formula is C21H23NO. The van der Waals surface area contributed by atoms with Crippen molar-refractivity contribution in [2.45, 2.75) is 25.0 Å². The third-order valence-electron chi connectivity index (χ3n) is 4.54. The highest BCUT2D eigenvalue weighted by Crippen LogP contribution is 2.33. The van der Waals surface area contributed by atoms with E-state index in [0.29, 0.717) is 0 Å². The van der Waals surface area contributed by atoms with Crippen LogP contribution in [0.25, 0.3) is 0 Å². The molecule has 23 heavy (non-hydrogen) atoms. The van der Waals surface area contributed by atoms with Gasteiger partial charge in [-0.25, -0.2) is 0 Å². The van der Waals surface area contributed by atoms with Gasteiger partial charge in [0, 0.05) is 12.6 Å². The topological polar surface area (TPSA) is 32.3 Å². The quantitative estimate of drug-likeness (QED) is 0.851. The lowest BCUT2D eigenvalue weighted by atomic mass is 9.80. The number of hydrogen-bond acceptors (Lipinski definition) is 2. The molecule has 2 heteroatoms. The van der Waals surface area contributed by atoms with E-state index in [2.05, 4.69) is 23.5 Å². The molecule has 0 heterocycles. The molecule has 0 aliphatic heterocycles. The second-order valence-corrected chi connectivity index (χ2v) is 6.06. The van der Waals surface area contributed by atoms with Crippen molar-refractivity contribution in [2.24, 2.45) is 0 Å². The van der Waals surface area contributed by atoms with Crippen molar-refractivity contribution in [3.8, 4) is 0 Å². The molecule has 0 unspecified atom stereocenters. The SMILES string of the molecule is C[C@@H](NCC1=CC=CC1)C(O)(c1ccccc1)c1ccccc1. The molecule has 2 N–H and O–H groups in total. The van der Waals surface area contributed by atoms with Crippen LogP contribution >= 0.6 is 0 Å². The Hall–Kier alpha value is -2.16. The molecule has 2 aromatic carbocycles. The average molecular weight is 305 g/mol. The highest BCUT2D eigenvalue weighted by atomic mass is 16.3. The molecule has 0 fully saturated rings. The van der Waals surface area contributed by atoms with E-state index in [1.165, 1.54) is 5.57 Å². The number of hydrogen-bond donors (Lipinski definition) is 2. The summed E-state index contributed by atoms with van der Waals surface area (Å²) in [6.45, 7) is 2.83. The molecule has 2 aromatic rings. The third-order valence-corrected chi connectivity index (χ3v) is 4.54. The highest BCUT2D eigenvalue weighted by Gasteiger charge is 2.37. The molecular weight excluding hydrogens is 282 g/mol. The van der Waals surface area contributed by atoms with Crippen LogP contribution in [0.5, 0.6) is 0 Å². The number of benzene rings is 2. The largest absolute Gasteiger partial charge is 0.379 e. The molecule has 1 aliphatic rings. The van der Waals surface area contributed by atoms with Gasteiger partial charge in [-0.05, 0) is 24.5 Å². The summed E-state index contributed by atoms with van der Waals surface area (Å²) in [5.74, 6) is 0. The number of allylic oxidation sites excluding steroid dienone is 3. The third kappa shape index (κ3) is 3.29. The highest BCUT2D eigenvalue weighted by molar-refractivity contribution is 5.38. The van der Waals surface area contributed by atoms with Crippen LogP contribution in [0.15, 0.2) is 84.5 Å². The van der Waals surface area contributed by atoms with Gasteiger partial charge in [0.2, 0.25) is 0 Å². The number of aliphatic hydroxyl groups is 1. The van der Waals surface area contributed by atoms with Crippen LogP contribution in [0.4, 0.5) is 0 Å². The molecule has 3 rings (SSSR count). The second kappa shape index (κ2) is 6.95. The molecule has 118 valence electrons. The van der Waals surface area contributed by atoms with E-state index in [9.17, 15) is 5.11 Å². The molecule has 0 saturated carbocycles. The fourth-order valence-corrected chi connectivity index (χ4v) is 3.11. The smallest absolute Gasteiger partial charge is 0.130 e. The summed E-state index contributed by atoms with van der Waals surface area (Å²) < 4.78 is 0. The molecule has 2 nitrogen and oxygen atoms in total. The summed E-state index contributed by atoms with van der Waals surface area (Å²) in [6.07, 6.45) is 7.38. The van der Waals surface area contributed by atoms with E-state index in [4.69, 9.17) is 0 Å². The minimum absolute atomic E-state index is 0.117. The lowest BCUT2D eigenvalue weighted by Gasteiger charge is -2.36. The predicted octanol–water partition coefficient (Wildman–Crippen LogP) is 3.79. The zero-order valence-electron chi connectivity index (χ0n) is 13.4. The molecule has 0 bridgehead atoms. The van der Waals surface area contributed by atoms with Crippen LogP contribution in [0.1, 0.15) is 24.5 Å². The molecule has 0 radical (unpaired) electrons. The van der Waals surface area contributed by atoms with Gasteiger partial charge in [0.25, 0.3) is 0 Å². The van der Waals surface area contributed by atoms with Gasteiger partial charge >= 0.3 is 0 Å². The van der Waals surface area contributed by atoms with Crippen molar-refractivity contribution < 1.29 is 5.11 Å². The summed E-state index contributed by atoms with van der Waals surface area (Å²) in [4.78, 5) is 0. The van der Waals surface area contributed by atoms with Gasteiger partial charge in [-0.15, -0.1) is 0 Å². The van der Waals surface area contributed by atoms with Crippen LogP contribution in [0.2, 0.25) is 0 Å². The van der Waals surface area contributed by atoms with E-state index in [0.717, 1.165) is 24.1 Å². The molecule has 0 spiro atoms. The summed E-state index contributed by atoms with van der Waals surface area (Å²) in [5, 5.41) is 15.1. The first kappa shape index (κ1) is 15.7. The Morgan fingerprint density at radius 3 is 2.04 bits per heavy atom. The molecule has 0 saturated heterocycles. The van der Waals surface area contributed by atoms with Crippen molar-refractivity contribution >= 4 is 0 Å². The number of nitrogens with one attached hydrogen (secondary N) is 1. The van der Waals surface area contributed by atoms with E-state index in [-0.39, 0.29) is 6.04 Å². The van der Waals surface area contributed by atoms with E-state index < -0.39 is 5.60 Å². The first-order valence-electron chi connectivity index (χ1n) is 8.12. The van der Waals surface area contributed by atoms with Crippen molar-refractivity contribution in [1.29, 1.82) is 0 Å². The predicted molar refractivity (Wildman–Crippen MR) is 95.2 cm³/mol. The van der Waals surface area contributed by atoms with Crippen LogP contribution in [0, 0.1) is 0 Å². The van der Waals surface area contributed by atoms with Gasteiger partial charge in [0.05, 0.1) is 0 Å². The van der Waals surface area contributed by atoms with Gasteiger partial charge in [0.15, 0.2) is 0 Å². The Balaban J connectivity index is 1.88. The van der Waals surface area contributed by atoms with Gasteiger partial charge in [-0.2, -0.15) is 0 Å². The zero-order valence-corrected chi connectivity index (χ0v) is 13.4. The van der Waals surface area contributed by atoms with Crippen LogP contribution in [-0.4, -0.2) is 17.7 Å². The lowest BCUT2D eigenvalue weighted by molar-refractivity contribution is 0.0448. The first-order valence-corrected chi connectivity index (χ1v) is 8.12. The average Bonchev–Trinajstić information content (AvgIpc) is 3.14.